The van der Waals surface area contributed by atoms with E-state index in [0.717, 1.165) is 10.4 Å². The Balaban J connectivity index is 2.96. The van der Waals surface area contributed by atoms with Crippen LogP contribution in [0.15, 0.2) is 29.2 Å². The predicted molar refractivity (Wildman–Crippen MR) is 47.2 cm³/mol. The highest BCUT2D eigenvalue weighted by Crippen LogP contribution is 2.09. The van der Waals surface area contributed by atoms with Crippen LogP contribution in [0.1, 0.15) is 0 Å². The van der Waals surface area contributed by atoms with Crippen LogP contribution < -0.4 is 5.46 Å². The first-order chi connectivity index (χ1) is 4.88. The Labute approximate surface area is 65.7 Å². The van der Waals surface area contributed by atoms with Crippen molar-refractivity contribution in [3.8, 4) is 0 Å². The summed E-state index contributed by atoms with van der Waals surface area (Å²) < 4.78 is 0. The molecule has 0 saturated carbocycles. The van der Waals surface area contributed by atoms with Gasteiger partial charge in [0, 0.05) is 4.90 Å². The SMILES string of the molecule is CSc1ccccc1BO. The van der Waals surface area contributed by atoms with Gasteiger partial charge in [-0.1, -0.05) is 18.2 Å². The summed E-state index contributed by atoms with van der Waals surface area (Å²) in [5.74, 6) is 0. The van der Waals surface area contributed by atoms with Crippen LogP contribution in [0, 0.1) is 0 Å². The van der Waals surface area contributed by atoms with Crippen LogP contribution in [0.2, 0.25) is 0 Å². The molecule has 0 aliphatic carbocycles. The van der Waals surface area contributed by atoms with E-state index in [9.17, 15) is 0 Å². The lowest BCUT2D eigenvalue weighted by Gasteiger charge is -2.00. The van der Waals surface area contributed by atoms with E-state index in [4.69, 9.17) is 5.02 Å². The third-order valence-electron chi connectivity index (χ3n) is 1.36. The minimum Gasteiger partial charge on any atom is -0.449 e. The second kappa shape index (κ2) is 3.69. The molecule has 0 aliphatic rings. The number of hydrogen-bond donors (Lipinski definition) is 1. The molecule has 0 amide bonds. The Morgan fingerprint density at radius 3 is 2.60 bits per heavy atom. The van der Waals surface area contributed by atoms with Gasteiger partial charge in [-0.05, 0) is 17.8 Å². The first kappa shape index (κ1) is 7.70. The van der Waals surface area contributed by atoms with Crippen molar-refractivity contribution in [3.05, 3.63) is 24.3 Å². The first-order valence-electron chi connectivity index (χ1n) is 3.11. The van der Waals surface area contributed by atoms with E-state index < -0.39 is 0 Å². The van der Waals surface area contributed by atoms with Gasteiger partial charge in [0.25, 0.3) is 0 Å². The summed E-state index contributed by atoms with van der Waals surface area (Å²) in [5, 5.41) is 8.84. The normalized spacial score (nSPS) is 9.40. The molecule has 0 atom stereocenters. The summed E-state index contributed by atoms with van der Waals surface area (Å²) >= 11 is 1.66. The molecule has 1 N–H and O–H groups in total. The molecular weight excluding hydrogens is 143 g/mol. The van der Waals surface area contributed by atoms with Gasteiger partial charge in [-0.2, -0.15) is 0 Å². The summed E-state index contributed by atoms with van der Waals surface area (Å²) in [7, 11) is 0.136. The lowest BCUT2D eigenvalue weighted by Crippen LogP contribution is -2.15. The van der Waals surface area contributed by atoms with Crippen molar-refractivity contribution in [3.63, 3.8) is 0 Å². The fourth-order valence-corrected chi connectivity index (χ4v) is 1.44. The molecule has 52 valence electrons. The van der Waals surface area contributed by atoms with Gasteiger partial charge < -0.3 is 5.02 Å². The predicted octanol–water partition coefficient (Wildman–Crippen LogP) is 0.378. The van der Waals surface area contributed by atoms with Crippen molar-refractivity contribution in [2.45, 2.75) is 4.90 Å². The van der Waals surface area contributed by atoms with Crippen LogP contribution in [-0.4, -0.2) is 18.8 Å². The van der Waals surface area contributed by atoms with E-state index in [1.165, 1.54) is 0 Å². The van der Waals surface area contributed by atoms with E-state index in [1.54, 1.807) is 11.8 Å². The number of rotatable bonds is 2. The number of hydrogen-bond acceptors (Lipinski definition) is 2. The molecule has 0 spiro atoms. The first-order valence-corrected chi connectivity index (χ1v) is 4.33. The Kier molecular flexibility index (Phi) is 2.84. The molecular formula is C7H9BOS. The van der Waals surface area contributed by atoms with Crippen molar-refractivity contribution in [2.75, 3.05) is 6.26 Å². The molecule has 1 aromatic rings. The monoisotopic (exact) mass is 152 g/mol. The van der Waals surface area contributed by atoms with Crippen LogP contribution in [0.25, 0.3) is 0 Å². The van der Waals surface area contributed by atoms with Crippen molar-refractivity contribution in [1.29, 1.82) is 0 Å². The zero-order valence-electron chi connectivity index (χ0n) is 5.87. The second-order valence-corrected chi connectivity index (χ2v) is 2.82. The molecule has 0 aromatic heterocycles. The zero-order valence-corrected chi connectivity index (χ0v) is 6.69. The highest BCUT2D eigenvalue weighted by molar-refractivity contribution is 7.98. The van der Waals surface area contributed by atoms with Gasteiger partial charge in [0.1, 0.15) is 0 Å². The average molecular weight is 152 g/mol. The summed E-state index contributed by atoms with van der Waals surface area (Å²) in [4.78, 5) is 1.16. The Morgan fingerprint density at radius 2 is 2.10 bits per heavy atom. The van der Waals surface area contributed by atoms with Crippen LogP contribution in [-0.2, 0) is 0 Å². The van der Waals surface area contributed by atoms with Gasteiger partial charge in [-0.25, -0.2) is 0 Å². The maximum absolute atomic E-state index is 8.84. The maximum atomic E-state index is 8.84. The molecule has 0 saturated heterocycles. The second-order valence-electron chi connectivity index (χ2n) is 1.97. The number of thioether (sulfide) groups is 1. The Morgan fingerprint density at radius 1 is 1.40 bits per heavy atom. The quantitative estimate of drug-likeness (QED) is 0.488. The summed E-state index contributed by atoms with van der Waals surface area (Å²) in [6, 6.07) is 7.86. The lowest BCUT2D eigenvalue weighted by molar-refractivity contribution is 0.614. The van der Waals surface area contributed by atoms with Gasteiger partial charge >= 0.3 is 7.48 Å². The molecule has 0 fully saturated rings. The molecule has 1 aromatic carbocycles. The summed E-state index contributed by atoms with van der Waals surface area (Å²) in [6.07, 6.45) is 2.01. The third kappa shape index (κ3) is 1.55. The molecule has 0 radical (unpaired) electrons. The third-order valence-corrected chi connectivity index (χ3v) is 2.20. The molecule has 0 aliphatic heterocycles. The van der Waals surface area contributed by atoms with Crippen molar-refractivity contribution in [1.82, 2.24) is 0 Å². The van der Waals surface area contributed by atoms with Gasteiger partial charge in [-0.15, -0.1) is 11.8 Å². The van der Waals surface area contributed by atoms with E-state index >= 15 is 0 Å². The van der Waals surface area contributed by atoms with Gasteiger partial charge in [0.05, 0.1) is 0 Å². The average Bonchev–Trinajstić information content (AvgIpc) is 2.04. The van der Waals surface area contributed by atoms with Gasteiger partial charge in [-0.3, -0.25) is 0 Å². The highest BCUT2D eigenvalue weighted by Gasteiger charge is 1.97. The molecule has 0 heterocycles. The zero-order chi connectivity index (χ0) is 7.40. The summed E-state index contributed by atoms with van der Waals surface area (Å²) in [5.41, 5.74) is 1.01. The van der Waals surface area contributed by atoms with E-state index in [0.29, 0.717) is 0 Å². The fourth-order valence-electron chi connectivity index (χ4n) is 0.834. The maximum Gasteiger partial charge on any atom is 0.305 e. The molecule has 10 heavy (non-hydrogen) atoms. The summed E-state index contributed by atoms with van der Waals surface area (Å²) in [6.45, 7) is 0. The minimum atomic E-state index is 0.136. The molecule has 1 rings (SSSR count). The molecule has 0 unspecified atom stereocenters. The van der Waals surface area contributed by atoms with Crippen molar-refractivity contribution < 1.29 is 5.02 Å². The topological polar surface area (TPSA) is 20.2 Å². The fraction of sp³-hybridized carbons (Fsp3) is 0.143. The van der Waals surface area contributed by atoms with E-state index in [-0.39, 0.29) is 7.48 Å². The molecule has 1 nitrogen and oxygen atoms in total. The van der Waals surface area contributed by atoms with Crippen molar-refractivity contribution in [2.24, 2.45) is 0 Å². The van der Waals surface area contributed by atoms with Crippen molar-refractivity contribution >= 4 is 24.7 Å². The smallest absolute Gasteiger partial charge is 0.305 e. The molecule has 3 heteroatoms. The Hall–Kier alpha value is -0.405. The highest BCUT2D eigenvalue weighted by atomic mass is 32.2. The van der Waals surface area contributed by atoms with Gasteiger partial charge in [0.2, 0.25) is 0 Å². The molecule has 0 bridgehead atoms. The van der Waals surface area contributed by atoms with E-state index in [2.05, 4.69) is 0 Å². The standard InChI is InChI=1S/C7H9BOS/c1-10-7-5-3-2-4-6(7)8-9/h2-5,8-9H,1H3. The van der Waals surface area contributed by atoms with Crippen LogP contribution in [0.5, 0.6) is 0 Å². The van der Waals surface area contributed by atoms with Gasteiger partial charge in [0.15, 0.2) is 0 Å². The number of benzene rings is 1. The lowest BCUT2D eigenvalue weighted by atomic mass is 9.89. The van der Waals surface area contributed by atoms with Crippen LogP contribution in [0.4, 0.5) is 0 Å². The van der Waals surface area contributed by atoms with Crippen LogP contribution in [0.3, 0.4) is 0 Å². The minimum absolute atomic E-state index is 0.136. The van der Waals surface area contributed by atoms with Crippen LogP contribution >= 0.6 is 11.8 Å². The van der Waals surface area contributed by atoms with E-state index in [1.807, 2.05) is 30.5 Å². The Bertz CT molecular complexity index is 192. The largest absolute Gasteiger partial charge is 0.449 e.